The summed E-state index contributed by atoms with van der Waals surface area (Å²) in [5, 5.41) is 15.8. The molecule has 2 aromatic heterocycles. The summed E-state index contributed by atoms with van der Waals surface area (Å²) in [6.45, 7) is 0. The standard InChI is InChI=1S/C15H14N6O3/c1-23-11-4-2-3-5-12(11)24-15-7-6-10(9-16-15)17-14(22)8-13-18-20-21-19-13/h2-7,9H,8H2,1H3,(H,17,22)(H,18,19,20,21). The van der Waals surface area contributed by atoms with E-state index in [0.29, 0.717) is 28.9 Å². The highest BCUT2D eigenvalue weighted by atomic mass is 16.5. The van der Waals surface area contributed by atoms with Crippen molar-refractivity contribution < 1.29 is 14.3 Å². The van der Waals surface area contributed by atoms with Crippen LogP contribution in [0, 0.1) is 0 Å². The smallest absolute Gasteiger partial charge is 0.232 e. The normalized spacial score (nSPS) is 10.2. The number of aromatic nitrogens is 5. The van der Waals surface area contributed by atoms with Crippen molar-refractivity contribution in [3.05, 3.63) is 48.4 Å². The van der Waals surface area contributed by atoms with Crippen LogP contribution in [0.4, 0.5) is 5.69 Å². The lowest BCUT2D eigenvalue weighted by atomic mass is 10.3. The number of amides is 1. The minimum absolute atomic E-state index is 0.0238. The van der Waals surface area contributed by atoms with Crippen LogP contribution in [0.5, 0.6) is 17.4 Å². The van der Waals surface area contributed by atoms with Crippen molar-refractivity contribution in [2.24, 2.45) is 0 Å². The first-order valence-corrected chi connectivity index (χ1v) is 7.03. The molecule has 3 rings (SSSR count). The Bertz CT molecular complexity index is 804. The third-order valence-corrected chi connectivity index (χ3v) is 3.01. The number of H-pyrrole nitrogens is 1. The number of hydrogen-bond donors (Lipinski definition) is 2. The first-order valence-electron chi connectivity index (χ1n) is 7.03. The number of hydrogen-bond acceptors (Lipinski definition) is 7. The lowest BCUT2D eigenvalue weighted by Crippen LogP contribution is -2.15. The van der Waals surface area contributed by atoms with Gasteiger partial charge in [0, 0.05) is 6.07 Å². The fourth-order valence-corrected chi connectivity index (χ4v) is 1.94. The van der Waals surface area contributed by atoms with Crippen LogP contribution in [0.1, 0.15) is 5.82 Å². The fourth-order valence-electron chi connectivity index (χ4n) is 1.94. The number of rotatable bonds is 6. The first kappa shape index (κ1) is 15.4. The molecule has 24 heavy (non-hydrogen) atoms. The molecule has 0 spiro atoms. The molecule has 2 heterocycles. The molecule has 0 fully saturated rings. The average molecular weight is 326 g/mol. The van der Waals surface area contributed by atoms with Gasteiger partial charge in [-0.25, -0.2) is 4.98 Å². The highest BCUT2D eigenvalue weighted by Crippen LogP contribution is 2.30. The molecule has 122 valence electrons. The fraction of sp³-hybridized carbons (Fsp3) is 0.133. The van der Waals surface area contributed by atoms with Gasteiger partial charge in [-0.05, 0) is 18.2 Å². The van der Waals surface area contributed by atoms with E-state index >= 15 is 0 Å². The molecule has 0 radical (unpaired) electrons. The molecule has 0 saturated carbocycles. The molecule has 0 aliphatic carbocycles. The van der Waals surface area contributed by atoms with Gasteiger partial charge >= 0.3 is 0 Å². The van der Waals surface area contributed by atoms with Gasteiger partial charge in [-0.15, -0.1) is 10.2 Å². The molecule has 0 atom stereocenters. The number of methoxy groups -OCH3 is 1. The van der Waals surface area contributed by atoms with E-state index in [4.69, 9.17) is 9.47 Å². The van der Waals surface area contributed by atoms with E-state index in [1.165, 1.54) is 6.20 Å². The van der Waals surface area contributed by atoms with Gasteiger partial charge in [0.1, 0.15) is 0 Å². The summed E-state index contributed by atoms with van der Waals surface area (Å²) in [5.41, 5.74) is 0.538. The second kappa shape index (κ2) is 7.18. The van der Waals surface area contributed by atoms with Crippen LogP contribution >= 0.6 is 0 Å². The lowest BCUT2D eigenvalue weighted by molar-refractivity contribution is -0.115. The number of carbonyl (C=O) groups is 1. The number of nitrogens with one attached hydrogen (secondary N) is 2. The number of aromatic amines is 1. The zero-order valence-electron chi connectivity index (χ0n) is 12.8. The van der Waals surface area contributed by atoms with E-state index in [2.05, 4.69) is 30.9 Å². The number of carbonyl (C=O) groups excluding carboxylic acids is 1. The molecule has 0 bridgehead atoms. The van der Waals surface area contributed by atoms with Crippen molar-refractivity contribution in [2.75, 3.05) is 12.4 Å². The average Bonchev–Trinajstić information content (AvgIpc) is 3.10. The predicted octanol–water partition coefficient (Wildman–Crippen LogP) is 1.58. The van der Waals surface area contributed by atoms with E-state index in [0.717, 1.165) is 0 Å². The van der Waals surface area contributed by atoms with Gasteiger partial charge in [-0.1, -0.05) is 17.3 Å². The lowest BCUT2D eigenvalue weighted by Gasteiger charge is -2.09. The molecular formula is C15H14N6O3. The molecule has 9 heteroatoms. The third kappa shape index (κ3) is 3.83. The van der Waals surface area contributed by atoms with Crippen molar-refractivity contribution in [3.8, 4) is 17.4 Å². The summed E-state index contributed by atoms with van der Waals surface area (Å²) in [7, 11) is 1.57. The van der Waals surface area contributed by atoms with E-state index in [9.17, 15) is 4.79 Å². The quantitative estimate of drug-likeness (QED) is 0.706. The highest BCUT2D eigenvalue weighted by molar-refractivity contribution is 5.91. The molecule has 0 unspecified atom stereocenters. The van der Waals surface area contributed by atoms with Crippen molar-refractivity contribution in [3.63, 3.8) is 0 Å². The molecule has 0 aliphatic rings. The second-order valence-corrected chi connectivity index (χ2v) is 4.69. The number of ether oxygens (including phenoxy) is 2. The number of nitrogens with zero attached hydrogens (tertiary/aromatic N) is 4. The zero-order chi connectivity index (χ0) is 16.8. The Morgan fingerprint density at radius 3 is 2.71 bits per heavy atom. The maximum atomic E-state index is 11.8. The first-order chi connectivity index (χ1) is 11.7. The Morgan fingerprint density at radius 1 is 1.21 bits per heavy atom. The Kier molecular flexibility index (Phi) is 4.61. The number of benzene rings is 1. The summed E-state index contributed by atoms with van der Waals surface area (Å²) < 4.78 is 10.9. The molecule has 3 aromatic rings. The maximum Gasteiger partial charge on any atom is 0.232 e. The van der Waals surface area contributed by atoms with E-state index in [1.807, 2.05) is 12.1 Å². The Labute approximate surface area is 137 Å². The Hall–Kier alpha value is -3.49. The SMILES string of the molecule is COc1ccccc1Oc1ccc(NC(=O)Cc2nn[nH]n2)cn1. The van der Waals surface area contributed by atoms with E-state index in [-0.39, 0.29) is 12.3 Å². The number of pyridine rings is 1. The van der Waals surface area contributed by atoms with Crippen molar-refractivity contribution in [2.45, 2.75) is 6.42 Å². The van der Waals surface area contributed by atoms with Gasteiger partial charge in [0.2, 0.25) is 11.8 Å². The molecule has 9 nitrogen and oxygen atoms in total. The van der Waals surface area contributed by atoms with Crippen LogP contribution in [0.15, 0.2) is 42.6 Å². The van der Waals surface area contributed by atoms with Crippen molar-refractivity contribution in [1.29, 1.82) is 0 Å². The third-order valence-electron chi connectivity index (χ3n) is 3.01. The van der Waals surface area contributed by atoms with Crippen LogP contribution in [0.2, 0.25) is 0 Å². The number of tetrazole rings is 1. The van der Waals surface area contributed by atoms with Crippen LogP contribution in [0.25, 0.3) is 0 Å². The summed E-state index contributed by atoms with van der Waals surface area (Å²) in [6.07, 6.45) is 1.52. The van der Waals surface area contributed by atoms with E-state index in [1.54, 1.807) is 31.4 Å². The van der Waals surface area contributed by atoms with Gasteiger partial charge in [-0.3, -0.25) is 4.79 Å². The topological polar surface area (TPSA) is 115 Å². The highest BCUT2D eigenvalue weighted by Gasteiger charge is 2.09. The molecule has 0 aliphatic heterocycles. The van der Waals surface area contributed by atoms with Crippen LogP contribution < -0.4 is 14.8 Å². The van der Waals surface area contributed by atoms with Crippen molar-refractivity contribution in [1.82, 2.24) is 25.6 Å². The summed E-state index contributed by atoms with van der Waals surface area (Å²) >= 11 is 0. The Morgan fingerprint density at radius 2 is 2.04 bits per heavy atom. The largest absolute Gasteiger partial charge is 0.493 e. The molecular weight excluding hydrogens is 312 g/mol. The van der Waals surface area contributed by atoms with Gasteiger partial charge < -0.3 is 14.8 Å². The summed E-state index contributed by atoms with van der Waals surface area (Å²) in [4.78, 5) is 16.0. The molecule has 2 N–H and O–H groups in total. The predicted molar refractivity (Wildman–Crippen MR) is 83.8 cm³/mol. The minimum atomic E-state index is -0.267. The van der Waals surface area contributed by atoms with Crippen molar-refractivity contribution >= 4 is 11.6 Å². The van der Waals surface area contributed by atoms with E-state index < -0.39 is 0 Å². The number of anilines is 1. The van der Waals surface area contributed by atoms with Crippen LogP contribution in [0.3, 0.4) is 0 Å². The van der Waals surface area contributed by atoms with Crippen LogP contribution in [-0.2, 0) is 11.2 Å². The van der Waals surface area contributed by atoms with Crippen LogP contribution in [-0.4, -0.2) is 38.6 Å². The minimum Gasteiger partial charge on any atom is -0.493 e. The summed E-state index contributed by atoms with van der Waals surface area (Å²) in [5.74, 6) is 1.60. The van der Waals surface area contributed by atoms with Gasteiger partial charge in [0.25, 0.3) is 0 Å². The molecule has 1 amide bonds. The van der Waals surface area contributed by atoms with Gasteiger partial charge in [-0.2, -0.15) is 5.21 Å². The monoisotopic (exact) mass is 326 g/mol. The summed E-state index contributed by atoms with van der Waals surface area (Å²) in [6, 6.07) is 10.6. The van der Waals surface area contributed by atoms with Gasteiger partial charge in [0.05, 0.1) is 25.4 Å². The zero-order valence-corrected chi connectivity index (χ0v) is 12.8. The second-order valence-electron chi connectivity index (χ2n) is 4.69. The van der Waals surface area contributed by atoms with Gasteiger partial charge in [0.15, 0.2) is 17.3 Å². The molecule has 1 aromatic carbocycles. The number of para-hydroxylation sites is 2. The Balaban J connectivity index is 1.62. The maximum absolute atomic E-state index is 11.8. The molecule has 0 saturated heterocycles.